The summed E-state index contributed by atoms with van der Waals surface area (Å²) in [4.78, 5) is 10.3. The second-order valence-electron chi connectivity index (χ2n) is 6.87. The third-order valence-electron chi connectivity index (χ3n) is 3.34. The number of nitrogen functional groups attached to an aromatic ring is 1. The van der Waals surface area contributed by atoms with E-state index in [0.29, 0.717) is 11.2 Å². The van der Waals surface area contributed by atoms with Crippen LogP contribution in [-0.2, 0) is 0 Å². The van der Waals surface area contributed by atoms with Crippen molar-refractivity contribution in [3.63, 3.8) is 0 Å². The van der Waals surface area contributed by atoms with Crippen LogP contribution < -0.4 is 11.1 Å². The van der Waals surface area contributed by atoms with Gasteiger partial charge in [0.15, 0.2) is 0 Å². The molecule has 0 unspecified atom stereocenters. The monoisotopic (exact) mass is 322 g/mol. The number of unbranched alkanes of at least 4 members (excludes halogenated alkanes) is 5. The number of carboxylic acids is 1. The minimum atomic E-state index is -0.931. The van der Waals surface area contributed by atoms with Crippen LogP contribution in [0.15, 0.2) is 24.3 Å². The number of hydrogen-bond donors (Lipinski definition) is 3. The van der Waals surface area contributed by atoms with Crippen LogP contribution in [0, 0.1) is 0 Å². The Balaban J connectivity index is 0.000000433. The van der Waals surface area contributed by atoms with Gasteiger partial charge in [0, 0.05) is 11.2 Å². The number of carbonyl (C=O) groups is 1. The Hall–Kier alpha value is -1.55. The Kier molecular flexibility index (Phi) is 11.1. The molecular weight excluding hydrogens is 288 g/mol. The molecule has 0 aliphatic heterocycles. The lowest BCUT2D eigenvalue weighted by Gasteiger charge is -2.20. The van der Waals surface area contributed by atoms with Gasteiger partial charge >= 0.3 is 5.97 Å². The second-order valence-corrected chi connectivity index (χ2v) is 6.87. The molecule has 1 rings (SSSR count). The molecule has 0 saturated heterocycles. The van der Waals surface area contributed by atoms with Gasteiger partial charge in [0.25, 0.3) is 0 Å². The summed E-state index contributed by atoms with van der Waals surface area (Å²) in [5.74, 6) is -0.931. The Bertz CT molecular complexity index is 422. The Morgan fingerprint density at radius 2 is 1.57 bits per heavy atom. The topological polar surface area (TPSA) is 75.3 Å². The summed E-state index contributed by atoms with van der Waals surface area (Å²) in [5, 5.41) is 11.9. The van der Waals surface area contributed by atoms with Crippen LogP contribution in [0.2, 0.25) is 0 Å². The second kappa shape index (κ2) is 11.9. The number of benzene rings is 1. The van der Waals surface area contributed by atoms with E-state index in [2.05, 4.69) is 33.0 Å². The number of anilines is 1. The van der Waals surface area contributed by atoms with Crippen molar-refractivity contribution in [3.05, 3.63) is 29.8 Å². The molecule has 0 heterocycles. The SMILES string of the molecule is CCCCCCCCNC(C)(C)C.Nc1ccc(C(=O)O)cc1. The van der Waals surface area contributed by atoms with E-state index in [1.54, 1.807) is 12.1 Å². The first-order valence-electron chi connectivity index (χ1n) is 8.60. The lowest BCUT2D eigenvalue weighted by Crippen LogP contribution is -2.36. The maximum Gasteiger partial charge on any atom is 0.335 e. The van der Waals surface area contributed by atoms with Crippen molar-refractivity contribution in [1.82, 2.24) is 5.32 Å². The summed E-state index contributed by atoms with van der Waals surface area (Å²) in [5.41, 5.74) is 6.46. The van der Waals surface area contributed by atoms with Crippen molar-refractivity contribution < 1.29 is 9.90 Å². The van der Waals surface area contributed by atoms with Gasteiger partial charge < -0.3 is 16.2 Å². The van der Waals surface area contributed by atoms with Gasteiger partial charge in [-0.2, -0.15) is 0 Å². The van der Waals surface area contributed by atoms with Crippen LogP contribution in [-0.4, -0.2) is 23.2 Å². The van der Waals surface area contributed by atoms with Gasteiger partial charge in [0.05, 0.1) is 5.56 Å². The number of aromatic carboxylic acids is 1. The average molecular weight is 322 g/mol. The fourth-order valence-electron chi connectivity index (χ4n) is 1.99. The first-order chi connectivity index (χ1) is 10.8. The van der Waals surface area contributed by atoms with Gasteiger partial charge in [-0.25, -0.2) is 4.79 Å². The first-order valence-corrected chi connectivity index (χ1v) is 8.60. The number of hydrogen-bond acceptors (Lipinski definition) is 3. The average Bonchev–Trinajstić information content (AvgIpc) is 2.46. The molecule has 132 valence electrons. The van der Waals surface area contributed by atoms with E-state index in [1.807, 2.05) is 0 Å². The summed E-state index contributed by atoms with van der Waals surface area (Å²) in [7, 11) is 0. The van der Waals surface area contributed by atoms with E-state index in [1.165, 1.54) is 57.2 Å². The molecule has 4 N–H and O–H groups in total. The lowest BCUT2D eigenvalue weighted by molar-refractivity contribution is 0.0697. The minimum Gasteiger partial charge on any atom is -0.478 e. The highest BCUT2D eigenvalue weighted by Crippen LogP contribution is 2.06. The third-order valence-corrected chi connectivity index (χ3v) is 3.34. The summed E-state index contributed by atoms with van der Waals surface area (Å²) in [6.07, 6.45) is 8.32. The van der Waals surface area contributed by atoms with Crippen molar-refractivity contribution in [2.75, 3.05) is 12.3 Å². The van der Waals surface area contributed by atoms with E-state index >= 15 is 0 Å². The number of nitrogens with one attached hydrogen (secondary N) is 1. The Morgan fingerprint density at radius 3 is 2.04 bits per heavy atom. The highest BCUT2D eigenvalue weighted by Gasteiger charge is 2.06. The van der Waals surface area contributed by atoms with Gasteiger partial charge in [0.1, 0.15) is 0 Å². The van der Waals surface area contributed by atoms with E-state index in [0.717, 1.165) is 0 Å². The smallest absolute Gasteiger partial charge is 0.335 e. The van der Waals surface area contributed by atoms with Crippen LogP contribution in [0.3, 0.4) is 0 Å². The largest absolute Gasteiger partial charge is 0.478 e. The third kappa shape index (κ3) is 13.8. The molecular formula is C19H34N2O2. The Labute approximate surface area is 141 Å². The summed E-state index contributed by atoms with van der Waals surface area (Å²) in [6.45, 7) is 10.1. The molecule has 0 aliphatic carbocycles. The van der Waals surface area contributed by atoms with Crippen molar-refractivity contribution in [2.24, 2.45) is 0 Å². The molecule has 0 bridgehead atoms. The zero-order valence-electron chi connectivity index (χ0n) is 15.2. The van der Waals surface area contributed by atoms with Crippen LogP contribution in [0.25, 0.3) is 0 Å². The molecule has 4 heteroatoms. The molecule has 0 atom stereocenters. The lowest BCUT2D eigenvalue weighted by atomic mass is 10.1. The van der Waals surface area contributed by atoms with E-state index in [4.69, 9.17) is 10.8 Å². The summed E-state index contributed by atoms with van der Waals surface area (Å²) in [6, 6.07) is 6.06. The number of carboxylic acid groups (broad SMARTS) is 1. The Morgan fingerprint density at radius 1 is 1.04 bits per heavy atom. The molecule has 0 spiro atoms. The molecule has 0 aliphatic rings. The highest BCUT2D eigenvalue weighted by atomic mass is 16.4. The maximum atomic E-state index is 10.3. The molecule has 0 fully saturated rings. The maximum absolute atomic E-state index is 10.3. The molecule has 0 aromatic heterocycles. The van der Waals surface area contributed by atoms with Gasteiger partial charge in [-0.05, 0) is 58.0 Å². The quantitative estimate of drug-likeness (QED) is 0.479. The number of rotatable bonds is 8. The van der Waals surface area contributed by atoms with Crippen molar-refractivity contribution in [2.45, 2.75) is 71.8 Å². The van der Waals surface area contributed by atoms with Gasteiger partial charge in [-0.3, -0.25) is 0 Å². The first kappa shape index (κ1) is 21.4. The standard InChI is InChI=1S/C12H27N.C7H7NO2/c1-5-6-7-8-9-10-11-13-12(2,3)4;8-6-3-1-5(2-4-6)7(9)10/h13H,5-11H2,1-4H3;1-4H,8H2,(H,9,10). The van der Waals surface area contributed by atoms with E-state index in [9.17, 15) is 4.79 Å². The summed E-state index contributed by atoms with van der Waals surface area (Å²) >= 11 is 0. The van der Waals surface area contributed by atoms with Crippen molar-refractivity contribution >= 4 is 11.7 Å². The van der Waals surface area contributed by atoms with Gasteiger partial charge in [-0.1, -0.05) is 39.0 Å². The minimum absolute atomic E-state index is 0.259. The van der Waals surface area contributed by atoms with E-state index in [-0.39, 0.29) is 5.56 Å². The molecule has 1 aromatic rings. The molecule has 0 radical (unpaired) electrons. The molecule has 4 nitrogen and oxygen atoms in total. The predicted molar refractivity (Wildman–Crippen MR) is 98.9 cm³/mol. The predicted octanol–water partition coefficient (Wildman–Crippen LogP) is 4.70. The molecule has 23 heavy (non-hydrogen) atoms. The normalized spacial score (nSPS) is 10.8. The highest BCUT2D eigenvalue weighted by molar-refractivity contribution is 5.87. The van der Waals surface area contributed by atoms with Crippen molar-refractivity contribution in [3.8, 4) is 0 Å². The molecule has 0 saturated carbocycles. The fraction of sp³-hybridized carbons (Fsp3) is 0.632. The zero-order chi connectivity index (χ0) is 17.7. The molecule has 0 amide bonds. The van der Waals surface area contributed by atoms with Gasteiger partial charge in [0.2, 0.25) is 0 Å². The van der Waals surface area contributed by atoms with E-state index < -0.39 is 5.97 Å². The van der Waals surface area contributed by atoms with Crippen LogP contribution in [0.5, 0.6) is 0 Å². The molecule has 1 aromatic carbocycles. The fourth-order valence-corrected chi connectivity index (χ4v) is 1.99. The summed E-state index contributed by atoms with van der Waals surface area (Å²) < 4.78 is 0. The van der Waals surface area contributed by atoms with Crippen LogP contribution in [0.4, 0.5) is 5.69 Å². The van der Waals surface area contributed by atoms with Crippen molar-refractivity contribution in [1.29, 1.82) is 0 Å². The van der Waals surface area contributed by atoms with Crippen LogP contribution >= 0.6 is 0 Å². The van der Waals surface area contributed by atoms with Gasteiger partial charge in [-0.15, -0.1) is 0 Å². The van der Waals surface area contributed by atoms with Crippen LogP contribution in [0.1, 0.15) is 76.6 Å². The number of nitrogens with two attached hydrogens (primary N) is 1. The zero-order valence-corrected chi connectivity index (χ0v) is 15.2.